The maximum atomic E-state index is 12.4. The molecule has 6 heteroatoms. The van der Waals surface area contributed by atoms with Gasteiger partial charge in [0.1, 0.15) is 17.2 Å². The van der Waals surface area contributed by atoms with E-state index in [9.17, 15) is 4.79 Å². The van der Waals surface area contributed by atoms with Crippen LogP contribution < -0.4 is 15.4 Å². The summed E-state index contributed by atoms with van der Waals surface area (Å²) in [5, 5.41) is 6.00. The van der Waals surface area contributed by atoms with Gasteiger partial charge in [-0.2, -0.15) is 0 Å². The number of rotatable bonds is 3. The number of ether oxygens (including phenoxy) is 1. The van der Waals surface area contributed by atoms with Gasteiger partial charge in [-0.15, -0.1) is 0 Å². The summed E-state index contributed by atoms with van der Waals surface area (Å²) >= 11 is 0. The smallest absolute Gasteiger partial charge is 0.315 e. The summed E-state index contributed by atoms with van der Waals surface area (Å²) in [6.07, 6.45) is 5.83. The number of para-hydroxylation sites is 1. The van der Waals surface area contributed by atoms with Gasteiger partial charge < -0.3 is 15.4 Å². The van der Waals surface area contributed by atoms with E-state index in [4.69, 9.17) is 4.74 Å². The summed E-state index contributed by atoms with van der Waals surface area (Å²) in [5.41, 5.74) is 1.74. The molecule has 130 valence electrons. The lowest BCUT2D eigenvalue weighted by Crippen LogP contribution is -2.50. The van der Waals surface area contributed by atoms with Gasteiger partial charge in [0.25, 0.3) is 0 Å². The number of nitrogens with one attached hydrogen (secondary N) is 2. The van der Waals surface area contributed by atoms with Gasteiger partial charge in [0, 0.05) is 18.2 Å². The first-order valence-corrected chi connectivity index (χ1v) is 8.74. The van der Waals surface area contributed by atoms with Crippen LogP contribution in [0.1, 0.15) is 48.8 Å². The van der Waals surface area contributed by atoms with E-state index in [1.54, 1.807) is 12.3 Å². The van der Waals surface area contributed by atoms with Crippen LogP contribution in [0.2, 0.25) is 0 Å². The van der Waals surface area contributed by atoms with Crippen molar-refractivity contribution in [3.8, 4) is 5.75 Å². The first-order valence-electron chi connectivity index (χ1n) is 8.74. The third kappa shape index (κ3) is 3.29. The molecule has 2 aromatic rings. The fraction of sp³-hybridized carbons (Fsp3) is 0.421. The molecule has 1 aromatic heterocycles. The van der Waals surface area contributed by atoms with E-state index in [0.717, 1.165) is 36.3 Å². The molecule has 2 aliphatic rings. The number of urea groups is 1. The summed E-state index contributed by atoms with van der Waals surface area (Å²) < 4.78 is 6.22. The Hall–Kier alpha value is -2.63. The minimum Gasteiger partial charge on any atom is -0.487 e. The van der Waals surface area contributed by atoms with Gasteiger partial charge >= 0.3 is 6.03 Å². The molecule has 0 saturated heterocycles. The number of nitrogens with zero attached hydrogens (tertiary/aromatic N) is 2. The SMILES string of the molecule is Cc1nccc(CNC(=O)NC2CC3(CCC3)Oc3ccccc32)n1. The van der Waals surface area contributed by atoms with Crippen molar-refractivity contribution in [3.63, 3.8) is 0 Å². The number of carbonyl (C=O) groups excluding carboxylic acids is 1. The third-order valence-corrected chi connectivity index (χ3v) is 5.03. The molecule has 0 bridgehead atoms. The molecule has 1 aliphatic carbocycles. The molecular formula is C19H22N4O2. The van der Waals surface area contributed by atoms with Crippen molar-refractivity contribution in [3.05, 3.63) is 53.6 Å². The number of amides is 2. The van der Waals surface area contributed by atoms with Gasteiger partial charge in [-0.1, -0.05) is 18.2 Å². The molecule has 1 fully saturated rings. The number of aromatic nitrogens is 2. The highest BCUT2D eigenvalue weighted by Gasteiger charge is 2.45. The van der Waals surface area contributed by atoms with E-state index in [1.807, 2.05) is 31.2 Å². The van der Waals surface area contributed by atoms with Crippen LogP contribution in [0.3, 0.4) is 0 Å². The summed E-state index contributed by atoms with van der Waals surface area (Å²) in [6.45, 7) is 2.21. The largest absolute Gasteiger partial charge is 0.487 e. The normalized spacial score (nSPS) is 20.1. The quantitative estimate of drug-likeness (QED) is 0.902. The van der Waals surface area contributed by atoms with E-state index in [1.165, 1.54) is 6.42 Å². The highest BCUT2D eigenvalue weighted by molar-refractivity contribution is 5.74. The Labute approximate surface area is 147 Å². The Kier molecular flexibility index (Phi) is 4.03. The average Bonchev–Trinajstić information content (AvgIpc) is 2.58. The minimum absolute atomic E-state index is 0.0302. The number of hydrogen-bond acceptors (Lipinski definition) is 4. The van der Waals surface area contributed by atoms with Gasteiger partial charge in [-0.25, -0.2) is 14.8 Å². The molecule has 0 radical (unpaired) electrons. The van der Waals surface area contributed by atoms with Gasteiger partial charge in [0.15, 0.2) is 0 Å². The molecule has 1 saturated carbocycles. The Morgan fingerprint density at radius 3 is 2.92 bits per heavy atom. The highest BCUT2D eigenvalue weighted by atomic mass is 16.5. The molecule has 1 aromatic carbocycles. The maximum absolute atomic E-state index is 12.4. The Bertz CT molecular complexity index is 788. The Morgan fingerprint density at radius 1 is 1.32 bits per heavy atom. The predicted octanol–water partition coefficient (Wildman–Crippen LogP) is 3.03. The molecule has 1 unspecified atom stereocenters. The molecule has 2 heterocycles. The number of hydrogen-bond donors (Lipinski definition) is 2. The number of benzene rings is 1. The number of carbonyl (C=O) groups is 1. The van der Waals surface area contributed by atoms with Crippen molar-refractivity contribution in [2.45, 2.75) is 50.8 Å². The molecule has 6 nitrogen and oxygen atoms in total. The van der Waals surface area contributed by atoms with Crippen molar-refractivity contribution >= 4 is 6.03 Å². The molecule has 4 rings (SSSR count). The summed E-state index contributed by atoms with van der Waals surface area (Å²) in [7, 11) is 0. The van der Waals surface area contributed by atoms with Crippen LogP contribution in [-0.4, -0.2) is 21.6 Å². The first-order chi connectivity index (χ1) is 12.1. The Morgan fingerprint density at radius 2 is 2.16 bits per heavy atom. The van der Waals surface area contributed by atoms with Crippen molar-refractivity contribution in [1.29, 1.82) is 0 Å². The molecule has 2 amide bonds. The predicted molar refractivity (Wildman–Crippen MR) is 93.2 cm³/mol. The zero-order valence-corrected chi connectivity index (χ0v) is 14.3. The number of aryl methyl sites for hydroxylation is 1. The molecule has 25 heavy (non-hydrogen) atoms. The second-order valence-electron chi connectivity index (χ2n) is 6.86. The topological polar surface area (TPSA) is 76.1 Å². The standard InChI is InChI=1S/C19H22N4O2/c1-13-20-10-7-14(22-13)12-21-18(24)23-16-11-19(8-4-9-19)25-17-6-3-2-5-15(16)17/h2-3,5-7,10,16H,4,8-9,11-12H2,1H3,(H2,21,23,24). The summed E-state index contributed by atoms with van der Waals surface area (Å²) in [6, 6.07) is 9.57. The van der Waals surface area contributed by atoms with Crippen molar-refractivity contribution in [1.82, 2.24) is 20.6 Å². The monoisotopic (exact) mass is 338 g/mol. The second-order valence-corrected chi connectivity index (χ2v) is 6.86. The van der Waals surface area contributed by atoms with Gasteiger partial charge in [0.2, 0.25) is 0 Å². The molecular weight excluding hydrogens is 316 g/mol. The van der Waals surface area contributed by atoms with Crippen LogP contribution in [0.15, 0.2) is 36.5 Å². The molecule has 2 N–H and O–H groups in total. The van der Waals surface area contributed by atoms with Crippen LogP contribution in [0, 0.1) is 6.92 Å². The minimum atomic E-state index is -0.188. The van der Waals surface area contributed by atoms with E-state index in [2.05, 4.69) is 20.6 Å². The van der Waals surface area contributed by atoms with Crippen LogP contribution in [0.4, 0.5) is 4.79 Å². The van der Waals surface area contributed by atoms with E-state index < -0.39 is 0 Å². The van der Waals surface area contributed by atoms with Crippen molar-refractivity contribution in [2.75, 3.05) is 0 Å². The van der Waals surface area contributed by atoms with Gasteiger partial charge in [-0.3, -0.25) is 0 Å². The first kappa shape index (κ1) is 15.9. The molecule has 1 atom stereocenters. The molecule has 1 aliphatic heterocycles. The summed E-state index contributed by atoms with van der Waals surface area (Å²) in [5.74, 6) is 1.59. The third-order valence-electron chi connectivity index (χ3n) is 5.03. The van der Waals surface area contributed by atoms with Gasteiger partial charge in [-0.05, 0) is 38.3 Å². The van der Waals surface area contributed by atoms with Crippen molar-refractivity contribution in [2.24, 2.45) is 0 Å². The highest BCUT2D eigenvalue weighted by Crippen LogP contribution is 2.48. The van der Waals surface area contributed by atoms with Crippen LogP contribution in [0.25, 0.3) is 0 Å². The van der Waals surface area contributed by atoms with Crippen LogP contribution in [0.5, 0.6) is 5.75 Å². The lowest BCUT2D eigenvalue weighted by Gasteiger charge is -2.48. The van der Waals surface area contributed by atoms with E-state index >= 15 is 0 Å². The zero-order valence-electron chi connectivity index (χ0n) is 14.3. The van der Waals surface area contributed by atoms with Crippen molar-refractivity contribution < 1.29 is 9.53 Å². The fourth-order valence-electron chi connectivity index (χ4n) is 3.61. The van der Waals surface area contributed by atoms with E-state index in [-0.39, 0.29) is 17.7 Å². The average molecular weight is 338 g/mol. The zero-order chi connectivity index (χ0) is 17.3. The lowest BCUT2D eigenvalue weighted by atomic mass is 9.73. The second kappa shape index (κ2) is 6.35. The van der Waals surface area contributed by atoms with E-state index in [0.29, 0.717) is 12.4 Å². The van der Waals surface area contributed by atoms with Crippen LogP contribution >= 0.6 is 0 Å². The van der Waals surface area contributed by atoms with Crippen LogP contribution in [-0.2, 0) is 6.54 Å². The fourth-order valence-corrected chi connectivity index (χ4v) is 3.61. The van der Waals surface area contributed by atoms with Gasteiger partial charge in [0.05, 0.1) is 18.3 Å². The molecule has 1 spiro atoms. The Balaban J connectivity index is 1.43. The summed E-state index contributed by atoms with van der Waals surface area (Å²) in [4.78, 5) is 20.8. The number of fused-ring (bicyclic) bond motifs is 1. The lowest BCUT2D eigenvalue weighted by molar-refractivity contribution is -0.0355. The maximum Gasteiger partial charge on any atom is 0.315 e.